The Hall–Kier alpha value is -2.54. The van der Waals surface area contributed by atoms with Gasteiger partial charge in [-0.15, -0.1) is 0 Å². The molecule has 2 aromatic carbocycles. The first-order chi connectivity index (χ1) is 10.8. The molecule has 0 radical (unpaired) electrons. The molecule has 2 rings (SSSR count). The predicted octanol–water partition coefficient (Wildman–Crippen LogP) is 4.02. The normalized spacial score (nSPS) is 11.8. The molecule has 0 fully saturated rings. The summed E-state index contributed by atoms with van der Waals surface area (Å²) in [6, 6.07) is 5.70. The molecule has 5 nitrogen and oxygen atoms in total. The van der Waals surface area contributed by atoms with Gasteiger partial charge >= 0.3 is 0 Å². The Bertz CT molecular complexity index is 783. The number of benzene rings is 2. The first-order valence-electron chi connectivity index (χ1n) is 6.49. The van der Waals surface area contributed by atoms with Crippen molar-refractivity contribution < 1.29 is 18.5 Å². The molecule has 0 aliphatic carbocycles. The fourth-order valence-corrected chi connectivity index (χ4v) is 2.27. The lowest BCUT2D eigenvalue weighted by Crippen LogP contribution is -2.27. The van der Waals surface area contributed by atoms with Gasteiger partial charge in [-0.05, 0) is 19.1 Å². The van der Waals surface area contributed by atoms with Crippen molar-refractivity contribution >= 4 is 23.2 Å². The molecule has 0 aliphatic heterocycles. The van der Waals surface area contributed by atoms with Gasteiger partial charge in [-0.3, -0.25) is 14.9 Å². The van der Waals surface area contributed by atoms with E-state index in [1.165, 1.54) is 19.1 Å². The van der Waals surface area contributed by atoms with Crippen molar-refractivity contribution in [3.05, 3.63) is 74.3 Å². The number of nitrogens with one attached hydrogen (secondary N) is 1. The molecule has 0 unspecified atom stereocenters. The third-order valence-corrected chi connectivity index (χ3v) is 3.50. The van der Waals surface area contributed by atoms with E-state index in [1.807, 2.05) is 0 Å². The molecule has 23 heavy (non-hydrogen) atoms. The standard InChI is InChI=1S/C15H11ClF2N2O3/c1-8(11-4-2-9(17)6-14(11)18)19-15(21)12-5-3-10(20(22)23)7-13(12)16/h2-8H,1H3,(H,19,21)/t8-/m1/s1. The molecule has 8 heteroatoms. The van der Waals surface area contributed by atoms with Crippen molar-refractivity contribution in [3.63, 3.8) is 0 Å². The van der Waals surface area contributed by atoms with Crippen LogP contribution in [0.4, 0.5) is 14.5 Å². The van der Waals surface area contributed by atoms with Crippen LogP contribution in [0.2, 0.25) is 5.02 Å². The minimum absolute atomic E-state index is 0.0200. The molecular weight excluding hydrogens is 330 g/mol. The second kappa shape index (κ2) is 6.70. The van der Waals surface area contributed by atoms with E-state index in [9.17, 15) is 23.7 Å². The summed E-state index contributed by atoms with van der Waals surface area (Å²) in [5, 5.41) is 13.0. The number of halogens is 3. The average molecular weight is 341 g/mol. The molecule has 1 amide bonds. The van der Waals surface area contributed by atoms with E-state index < -0.39 is 28.5 Å². The maximum absolute atomic E-state index is 13.7. The Morgan fingerprint density at radius 1 is 1.26 bits per heavy atom. The maximum Gasteiger partial charge on any atom is 0.270 e. The van der Waals surface area contributed by atoms with Gasteiger partial charge in [0.25, 0.3) is 11.6 Å². The topological polar surface area (TPSA) is 72.2 Å². The average Bonchev–Trinajstić information content (AvgIpc) is 2.46. The quantitative estimate of drug-likeness (QED) is 0.675. The summed E-state index contributed by atoms with van der Waals surface area (Å²) in [5.41, 5.74) is -0.117. The highest BCUT2D eigenvalue weighted by atomic mass is 35.5. The van der Waals surface area contributed by atoms with Crippen LogP contribution in [-0.2, 0) is 0 Å². The number of amides is 1. The Labute approximate surface area is 135 Å². The van der Waals surface area contributed by atoms with Crippen molar-refractivity contribution in [2.24, 2.45) is 0 Å². The van der Waals surface area contributed by atoms with Crippen molar-refractivity contribution in [1.82, 2.24) is 5.32 Å². The van der Waals surface area contributed by atoms with E-state index in [-0.39, 0.29) is 21.8 Å². The molecule has 0 aromatic heterocycles. The smallest absolute Gasteiger partial charge is 0.270 e. The van der Waals surface area contributed by atoms with Gasteiger partial charge in [-0.1, -0.05) is 17.7 Å². The van der Waals surface area contributed by atoms with Gasteiger partial charge in [0.15, 0.2) is 0 Å². The lowest BCUT2D eigenvalue weighted by atomic mass is 10.1. The number of carbonyl (C=O) groups excluding carboxylic acids is 1. The zero-order valence-electron chi connectivity index (χ0n) is 11.8. The van der Waals surface area contributed by atoms with E-state index in [4.69, 9.17) is 11.6 Å². The number of nitrogens with zero attached hydrogens (tertiary/aromatic N) is 1. The highest BCUT2D eigenvalue weighted by Crippen LogP contribution is 2.24. The zero-order valence-corrected chi connectivity index (χ0v) is 12.6. The van der Waals surface area contributed by atoms with E-state index >= 15 is 0 Å². The summed E-state index contributed by atoms with van der Waals surface area (Å²) < 4.78 is 26.6. The minimum Gasteiger partial charge on any atom is -0.345 e. The molecule has 0 bridgehead atoms. The van der Waals surface area contributed by atoms with Gasteiger partial charge in [0.1, 0.15) is 11.6 Å². The summed E-state index contributed by atoms with van der Waals surface area (Å²) in [7, 11) is 0. The van der Waals surface area contributed by atoms with Crippen LogP contribution in [0, 0.1) is 21.7 Å². The number of non-ortho nitro benzene ring substituents is 1. The van der Waals surface area contributed by atoms with Crippen LogP contribution in [0.1, 0.15) is 28.9 Å². The number of rotatable bonds is 4. The second-order valence-electron chi connectivity index (χ2n) is 4.78. The lowest BCUT2D eigenvalue weighted by Gasteiger charge is -2.15. The largest absolute Gasteiger partial charge is 0.345 e. The van der Waals surface area contributed by atoms with Crippen molar-refractivity contribution in [2.75, 3.05) is 0 Å². The number of carbonyl (C=O) groups is 1. The summed E-state index contributed by atoms with van der Waals surface area (Å²) >= 11 is 5.86. The molecule has 0 saturated heterocycles. The van der Waals surface area contributed by atoms with Gasteiger partial charge in [0, 0.05) is 23.8 Å². The molecule has 2 aromatic rings. The lowest BCUT2D eigenvalue weighted by molar-refractivity contribution is -0.384. The van der Waals surface area contributed by atoms with Crippen LogP contribution in [-0.4, -0.2) is 10.8 Å². The summed E-state index contributed by atoms with van der Waals surface area (Å²) in [5.74, 6) is -2.13. The number of nitro benzene ring substituents is 1. The first-order valence-corrected chi connectivity index (χ1v) is 6.87. The van der Waals surface area contributed by atoms with Crippen LogP contribution in [0.15, 0.2) is 36.4 Å². The van der Waals surface area contributed by atoms with Crippen molar-refractivity contribution in [3.8, 4) is 0 Å². The van der Waals surface area contributed by atoms with E-state index in [0.717, 1.165) is 24.3 Å². The van der Waals surface area contributed by atoms with Crippen LogP contribution in [0.25, 0.3) is 0 Å². The Kier molecular flexibility index (Phi) is 4.90. The molecule has 0 saturated carbocycles. The third-order valence-electron chi connectivity index (χ3n) is 3.18. The van der Waals surface area contributed by atoms with Crippen LogP contribution in [0.5, 0.6) is 0 Å². The zero-order chi connectivity index (χ0) is 17.1. The maximum atomic E-state index is 13.7. The third kappa shape index (κ3) is 3.81. The predicted molar refractivity (Wildman–Crippen MR) is 80.3 cm³/mol. The van der Waals surface area contributed by atoms with E-state index in [1.54, 1.807) is 0 Å². The molecule has 0 spiro atoms. The number of hydrogen-bond donors (Lipinski definition) is 1. The number of hydrogen-bond acceptors (Lipinski definition) is 3. The van der Waals surface area contributed by atoms with Crippen LogP contribution >= 0.6 is 11.6 Å². The summed E-state index contributed by atoms with van der Waals surface area (Å²) in [6.45, 7) is 1.52. The summed E-state index contributed by atoms with van der Waals surface area (Å²) in [4.78, 5) is 22.1. The molecule has 0 heterocycles. The first kappa shape index (κ1) is 16.8. The SMILES string of the molecule is C[C@@H](NC(=O)c1ccc([N+](=O)[O-])cc1Cl)c1ccc(F)cc1F. The highest BCUT2D eigenvalue weighted by Gasteiger charge is 2.19. The van der Waals surface area contributed by atoms with E-state index in [0.29, 0.717) is 0 Å². The molecule has 1 atom stereocenters. The molecule has 1 N–H and O–H groups in total. The Balaban J connectivity index is 2.20. The van der Waals surface area contributed by atoms with Gasteiger partial charge in [-0.2, -0.15) is 0 Å². The Morgan fingerprint density at radius 2 is 1.96 bits per heavy atom. The molecular formula is C15H11ClF2N2O3. The molecule has 120 valence electrons. The fraction of sp³-hybridized carbons (Fsp3) is 0.133. The van der Waals surface area contributed by atoms with E-state index in [2.05, 4.69) is 5.32 Å². The monoisotopic (exact) mass is 340 g/mol. The fourth-order valence-electron chi connectivity index (χ4n) is 2.01. The van der Waals surface area contributed by atoms with Gasteiger partial charge in [-0.25, -0.2) is 8.78 Å². The highest BCUT2D eigenvalue weighted by molar-refractivity contribution is 6.34. The van der Waals surface area contributed by atoms with Crippen LogP contribution in [0.3, 0.4) is 0 Å². The van der Waals surface area contributed by atoms with Crippen molar-refractivity contribution in [2.45, 2.75) is 13.0 Å². The minimum atomic E-state index is -0.785. The Morgan fingerprint density at radius 3 is 2.52 bits per heavy atom. The van der Waals surface area contributed by atoms with Gasteiger partial charge in [0.05, 0.1) is 21.6 Å². The van der Waals surface area contributed by atoms with Crippen molar-refractivity contribution in [1.29, 1.82) is 0 Å². The summed E-state index contributed by atoms with van der Waals surface area (Å²) in [6.07, 6.45) is 0. The van der Waals surface area contributed by atoms with Gasteiger partial charge < -0.3 is 5.32 Å². The number of nitro groups is 1. The van der Waals surface area contributed by atoms with Crippen LogP contribution < -0.4 is 5.32 Å². The molecule has 0 aliphatic rings. The second-order valence-corrected chi connectivity index (χ2v) is 5.19. The van der Waals surface area contributed by atoms with Gasteiger partial charge in [0.2, 0.25) is 0 Å².